The van der Waals surface area contributed by atoms with Crippen LogP contribution in [0.1, 0.15) is 23.2 Å². The van der Waals surface area contributed by atoms with E-state index in [0.717, 1.165) is 12.8 Å². The molecule has 0 bridgehead atoms. The van der Waals surface area contributed by atoms with Crippen LogP contribution in [0.4, 0.5) is 0 Å². The molecule has 1 N–H and O–H groups in total. The molecule has 2 rings (SSSR count). The van der Waals surface area contributed by atoms with Crippen LogP contribution in [0, 0.1) is 17.2 Å². The minimum absolute atomic E-state index is 0.0337. The van der Waals surface area contributed by atoms with Crippen LogP contribution in [0.15, 0.2) is 18.2 Å². The SMILES string of the molecule is N#CC1CC(Oc2ccc(C(=O)O)c(Cl)c2)C1. The van der Waals surface area contributed by atoms with Crippen molar-refractivity contribution in [3.8, 4) is 11.8 Å². The van der Waals surface area contributed by atoms with Gasteiger partial charge in [0.1, 0.15) is 11.9 Å². The summed E-state index contributed by atoms with van der Waals surface area (Å²) >= 11 is 5.81. The maximum atomic E-state index is 10.7. The zero-order valence-electron chi connectivity index (χ0n) is 8.89. The van der Waals surface area contributed by atoms with E-state index in [1.165, 1.54) is 12.1 Å². The van der Waals surface area contributed by atoms with Crippen molar-refractivity contribution in [1.82, 2.24) is 0 Å². The lowest BCUT2D eigenvalue weighted by Crippen LogP contribution is -2.32. The molecule has 0 aromatic heterocycles. The summed E-state index contributed by atoms with van der Waals surface area (Å²) in [4.78, 5) is 10.7. The third kappa shape index (κ3) is 2.51. The van der Waals surface area contributed by atoms with Crippen molar-refractivity contribution in [2.24, 2.45) is 5.92 Å². The number of carboxylic acid groups (broad SMARTS) is 1. The first-order chi connectivity index (χ1) is 8.10. The minimum atomic E-state index is -1.06. The highest BCUT2D eigenvalue weighted by molar-refractivity contribution is 6.33. The number of rotatable bonds is 3. The van der Waals surface area contributed by atoms with Crippen LogP contribution in [-0.4, -0.2) is 17.2 Å². The predicted molar refractivity (Wildman–Crippen MR) is 61.2 cm³/mol. The number of ether oxygens (including phenoxy) is 1. The van der Waals surface area contributed by atoms with E-state index in [-0.39, 0.29) is 22.6 Å². The van der Waals surface area contributed by atoms with Gasteiger partial charge in [-0.3, -0.25) is 0 Å². The molecule has 1 fully saturated rings. The molecule has 1 saturated carbocycles. The van der Waals surface area contributed by atoms with Crippen LogP contribution in [0.25, 0.3) is 0 Å². The van der Waals surface area contributed by atoms with Gasteiger partial charge < -0.3 is 9.84 Å². The molecule has 4 nitrogen and oxygen atoms in total. The van der Waals surface area contributed by atoms with Gasteiger partial charge in [-0.05, 0) is 18.2 Å². The third-order valence-corrected chi connectivity index (χ3v) is 3.06. The number of hydrogen-bond acceptors (Lipinski definition) is 3. The van der Waals surface area contributed by atoms with E-state index < -0.39 is 5.97 Å². The van der Waals surface area contributed by atoms with Gasteiger partial charge in [0.15, 0.2) is 0 Å². The number of benzene rings is 1. The van der Waals surface area contributed by atoms with Gasteiger partial charge in [-0.1, -0.05) is 11.6 Å². The summed E-state index contributed by atoms with van der Waals surface area (Å²) in [5.41, 5.74) is 0.0579. The highest BCUT2D eigenvalue weighted by Crippen LogP contribution is 2.32. The molecule has 0 amide bonds. The molecule has 88 valence electrons. The van der Waals surface area contributed by atoms with Crippen LogP contribution in [-0.2, 0) is 0 Å². The molecular formula is C12H10ClNO3. The maximum absolute atomic E-state index is 10.7. The fourth-order valence-corrected chi connectivity index (χ4v) is 1.95. The van der Waals surface area contributed by atoms with E-state index in [4.69, 9.17) is 26.7 Å². The number of halogens is 1. The number of hydrogen-bond donors (Lipinski definition) is 1. The van der Waals surface area contributed by atoms with E-state index in [9.17, 15) is 4.79 Å². The van der Waals surface area contributed by atoms with Crippen LogP contribution >= 0.6 is 11.6 Å². The second-order valence-corrected chi connectivity index (χ2v) is 4.39. The normalized spacial score (nSPS) is 22.4. The molecule has 0 atom stereocenters. The van der Waals surface area contributed by atoms with Gasteiger partial charge in [0.05, 0.1) is 22.6 Å². The quantitative estimate of drug-likeness (QED) is 0.897. The third-order valence-electron chi connectivity index (χ3n) is 2.75. The first kappa shape index (κ1) is 11.7. The molecule has 1 aromatic carbocycles. The van der Waals surface area contributed by atoms with Gasteiger partial charge >= 0.3 is 5.97 Å². The Morgan fingerprint density at radius 2 is 2.24 bits per heavy atom. The number of nitriles is 1. The lowest BCUT2D eigenvalue weighted by molar-refractivity contribution is 0.0696. The van der Waals surface area contributed by atoms with Gasteiger partial charge in [-0.25, -0.2) is 4.79 Å². The zero-order chi connectivity index (χ0) is 12.4. The van der Waals surface area contributed by atoms with E-state index in [0.29, 0.717) is 5.75 Å². The minimum Gasteiger partial charge on any atom is -0.490 e. The van der Waals surface area contributed by atoms with Crippen molar-refractivity contribution >= 4 is 17.6 Å². The Hall–Kier alpha value is -1.73. The molecule has 17 heavy (non-hydrogen) atoms. The molecule has 0 aliphatic heterocycles. The van der Waals surface area contributed by atoms with Crippen molar-refractivity contribution in [3.63, 3.8) is 0 Å². The second-order valence-electron chi connectivity index (χ2n) is 3.98. The van der Waals surface area contributed by atoms with Crippen LogP contribution in [0.2, 0.25) is 5.02 Å². The number of nitrogens with zero attached hydrogens (tertiary/aromatic N) is 1. The Morgan fingerprint density at radius 1 is 1.53 bits per heavy atom. The molecule has 0 saturated heterocycles. The summed E-state index contributed by atoms with van der Waals surface area (Å²) in [6, 6.07) is 6.66. The molecule has 1 aromatic rings. The molecule has 0 radical (unpaired) electrons. The summed E-state index contributed by atoms with van der Waals surface area (Å²) in [6.07, 6.45) is 1.47. The van der Waals surface area contributed by atoms with Crippen molar-refractivity contribution in [3.05, 3.63) is 28.8 Å². The monoisotopic (exact) mass is 251 g/mol. The van der Waals surface area contributed by atoms with Gasteiger partial charge in [0.25, 0.3) is 0 Å². The highest BCUT2D eigenvalue weighted by atomic mass is 35.5. The molecule has 0 heterocycles. The number of carboxylic acids is 1. The van der Waals surface area contributed by atoms with Crippen LogP contribution in [0.3, 0.4) is 0 Å². The lowest BCUT2D eigenvalue weighted by atomic mass is 9.83. The first-order valence-corrected chi connectivity index (χ1v) is 5.57. The van der Waals surface area contributed by atoms with Gasteiger partial charge in [-0.2, -0.15) is 5.26 Å². The first-order valence-electron chi connectivity index (χ1n) is 5.19. The van der Waals surface area contributed by atoms with E-state index in [1.54, 1.807) is 6.07 Å². The summed E-state index contributed by atoms with van der Waals surface area (Å²) in [5.74, 6) is -0.440. The lowest BCUT2D eigenvalue weighted by Gasteiger charge is -2.30. The molecule has 1 aliphatic carbocycles. The maximum Gasteiger partial charge on any atom is 0.337 e. The van der Waals surface area contributed by atoms with E-state index in [1.807, 2.05) is 0 Å². The Balaban J connectivity index is 2.02. The Bertz CT molecular complexity index is 489. The molecule has 5 heteroatoms. The summed E-state index contributed by atoms with van der Waals surface area (Å²) in [6.45, 7) is 0. The molecule has 1 aliphatic rings. The van der Waals surface area contributed by atoms with Gasteiger partial charge in [-0.15, -0.1) is 0 Å². The van der Waals surface area contributed by atoms with Crippen LogP contribution < -0.4 is 4.74 Å². The van der Waals surface area contributed by atoms with E-state index in [2.05, 4.69) is 6.07 Å². The fraction of sp³-hybridized carbons (Fsp3) is 0.333. The van der Waals surface area contributed by atoms with Gasteiger partial charge in [0, 0.05) is 12.8 Å². The molecular weight excluding hydrogens is 242 g/mol. The largest absolute Gasteiger partial charge is 0.490 e. The van der Waals surface area contributed by atoms with Crippen LogP contribution in [0.5, 0.6) is 5.75 Å². The summed E-state index contributed by atoms with van der Waals surface area (Å²) < 4.78 is 5.57. The van der Waals surface area contributed by atoms with Crippen molar-refractivity contribution in [1.29, 1.82) is 5.26 Å². The smallest absolute Gasteiger partial charge is 0.337 e. The Labute approximate surface area is 103 Å². The standard InChI is InChI=1S/C12H10ClNO3/c13-11-5-8(1-2-10(11)12(15)16)17-9-3-7(4-9)6-14/h1-2,5,7,9H,3-4H2,(H,15,16). The van der Waals surface area contributed by atoms with E-state index >= 15 is 0 Å². The predicted octanol–water partition coefficient (Wildman–Crippen LogP) is 2.72. The Kier molecular flexibility index (Phi) is 3.21. The van der Waals surface area contributed by atoms with Gasteiger partial charge in [0.2, 0.25) is 0 Å². The average Bonchev–Trinajstić information content (AvgIpc) is 2.22. The van der Waals surface area contributed by atoms with Crippen molar-refractivity contribution in [2.45, 2.75) is 18.9 Å². The topological polar surface area (TPSA) is 70.3 Å². The Morgan fingerprint density at radius 3 is 2.76 bits per heavy atom. The number of aromatic carboxylic acids is 1. The average molecular weight is 252 g/mol. The zero-order valence-corrected chi connectivity index (χ0v) is 9.65. The van der Waals surface area contributed by atoms with Crippen molar-refractivity contribution < 1.29 is 14.6 Å². The van der Waals surface area contributed by atoms with Crippen molar-refractivity contribution in [2.75, 3.05) is 0 Å². The molecule has 0 spiro atoms. The molecule has 0 unspecified atom stereocenters. The summed E-state index contributed by atoms with van der Waals surface area (Å²) in [7, 11) is 0. The summed E-state index contributed by atoms with van der Waals surface area (Å²) in [5, 5.41) is 17.6. The fourth-order valence-electron chi connectivity index (χ4n) is 1.70. The highest BCUT2D eigenvalue weighted by Gasteiger charge is 2.30. The number of carbonyl (C=O) groups is 1. The second kappa shape index (κ2) is 4.64.